The second-order valence-corrected chi connectivity index (χ2v) is 7.56. The Bertz CT molecular complexity index is 542. The van der Waals surface area contributed by atoms with Gasteiger partial charge in [-0.1, -0.05) is 17.7 Å². The molecule has 0 fully saturated rings. The first kappa shape index (κ1) is 12.2. The van der Waals surface area contributed by atoms with Crippen LogP contribution in [-0.4, -0.2) is 24.8 Å². The maximum absolute atomic E-state index is 11.6. The van der Waals surface area contributed by atoms with E-state index in [4.69, 9.17) is 0 Å². The van der Waals surface area contributed by atoms with E-state index in [1.165, 1.54) is 18.4 Å². The molecule has 6 heteroatoms. The fourth-order valence-corrected chi connectivity index (χ4v) is 3.73. The highest BCUT2D eigenvalue weighted by Gasteiger charge is 2.15. The van der Waals surface area contributed by atoms with Crippen molar-refractivity contribution in [3.63, 3.8) is 0 Å². The van der Waals surface area contributed by atoms with Gasteiger partial charge in [0, 0.05) is 16.0 Å². The smallest absolute Gasteiger partial charge is 0.251 e. The quantitative estimate of drug-likeness (QED) is 0.793. The number of aryl methyl sites for hydroxylation is 1. The normalized spacial score (nSPS) is 15.9. The summed E-state index contributed by atoms with van der Waals surface area (Å²) in [5, 5.41) is 0. The van der Waals surface area contributed by atoms with Crippen molar-refractivity contribution >= 4 is 25.6 Å². The summed E-state index contributed by atoms with van der Waals surface area (Å²) in [4.78, 5) is 0.0892. The molecule has 0 aliphatic heterocycles. The minimum Gasteiger partial charge on any atom is -0.252 e. The SMILES string of the molecule is C=S(C)(=O)NS(=O)(=O)c1ccc(C)cc1. The molecule has 0 bridgehead atoms. The summed E-state index contributed by atoms with van der Waals surface area (Å²) >= 11 is 0. The third-order valence-electron chi connectivity index (χ3n) is 1.62. The zero-order valence-corrected chi connectivity index (χ0v) is 10.2. The Balaban J connectivity index is 3.13. The number of rotatable bonds is 3. The molecular weight excluding hydrogens is 234 g/mol. The zero-order chi connectivity index (χ0) is 11.7. The van der Waals surface area contributed by atoms with Crippen LogP contribution >= 0.6 is 0 Å². The molecule has 0 saturated heterocycles. The van der Waals surface area contributed by atoms with Gasteiger partial charge in [-0.05, 0) is 24.9 Å². The van der Waals surface area contributed by atoms with Crippen LogP contribution in [0.5, 0.6) is 0 Å². The van der Waals surface area contributed by atoms with Crippen LogP contribution in [0.4, 0.5) is 0 Å². The topological polar surface area (TPSA) is 63.2 Å². The van der Waals surface area contributed by atoms with E-state index in [1.807, 2.05) is 11.1 Å². The van der Waals surface area contributed by atoms with Crippen molar-refractivity contribution in [2.75, 3.05) is 6.26 Å². The summed E-state index contributed by atoms with van der Waals surface area (Å²) in [5.74, 6) is 3.24. The molecule has 1 unspecified atom stereocenters. The lowest BCUT2D eigenvalue weighted by atomic mass is 10.2. The van der Waals surface area contributed by atoms with Crippen LogP contribution in [0.3, 0.4) is 0 Å². The second kappa shape index (κ2) is 3.96. The molecule has 1 aromatic rings. The summed E-state index contributed by atoms with van der Waals surface area (Å²) in [6.07, 6.45) is 1.23. The van der Waals surface area contributed by atoms with Crippen LogP contribution in [0.1, 0.15) is 5.56 Å². The third kappa shape index (κ3) is 3.65. The highest BCUT2D eigenvalue weighted by atomic mass is 32.3. The van der Waals surface area contributed by atoms with E-state index >= 15 is 0 Å². The lowest BCUT2D eigenvalue weighted by molar-refractivity contribution is 0.592. The summed E-state index contributed by atoms with van der Waals surface area (Å²) in [7, 11) is -6.50. The monoisotopic (exact) mass is 247 g/mol. The van der Waals surface area contributed by atoms with Crippen LogP contribution in [-0.2, 0) is 19.7 Å². The lowest BCUT2D eigenvalue weighted by Gasteiger charge is -2.07. The van der Waals surface area contributed by atoms with Crippen LogP contribution in [0.2, 0.25) is 0 Å². The lowest BCUT2D eigenvalue weighted by Crippen LogP contribution is -2.29. The molecule has 0 amide bonds. The maximum Gasteiger partial charge on any atom is 0.251 e. The van der Waals surface area contributed by atoms with Gasteiger partial charge in [-0.25, -0.2) is 8.42 Å². The van der Waals surface area contributed by atoms with Gasteiger partial charge < -0.3 is 0 Å². The molecule has 1 N–H and O–H groups in total. The van der Waals surface area contributed by atoms with Gasteiger partial charge in [-0.3, -0.25) is 4.21 Å². The van der Waals surface area contributed by atoms with E-state index in [2.05, 4.69) is 5.87 Å². The second-order valence-electron chi connectivity index (χ2n) is 3.40. The minimum absolute atomic E-state index is 0.0892. The largest absolute Gasteiger partial charge is 0.252 e. The average Bonchev–Trinajstić information content (AvgIpc) is 2.00. The Morgan fingerprint density at radius 3 is 2.00 bits per heavy atom. The summed E-state index contributed by atoms with van der Waals surface area (Å²) in [6.45, 7) is 1.86. The van der Waals surface area contributed by atoms with E-state index in [9.17, 15) is 12.6 Å². The van der Waals surface area contributed by atoms with Gasteiger partial charge in [0.05, 0.1) is 4.90 Å². The number of benzene rings is 1. The minimum atomic E-state index is -3.72. The Labute approximate surface area is 90.5 Å². The van der Waals surface area contributed by atoms with Crippen molar-refractivity contribution in [2.24, 2.45) is 0 Å². The van der Waals surface area contributed by atoms with Crippen molar-refractivity contribution < 1.29 is 12.6 Å². The Morgan fingerprint density at radius 2 is 1.60 bits per heavy atom. The molecule has 0 aromatic heterocycles. The van der Waals surface area contributed by atoms with Gasteiger partial charge in [0.25, 0.3) is 10.0 Å². The van der Waals surface area contributed by atoms with E-state index in [0.717, 1.165) is 5.56 Å². The summed E-state index contributed by atoms with van der Waals surface area (Å²) in [5.41, 5.74) is 0.959. The van der Waals surface area contributed by atoms with Crippen molar-refractivity contribution in [1.82, 2.24) is 4.13 Å². The molecule has 1 aromatic carbocycles. The fourth-order valence-electron chi connectivity index (χ4n) is 0.998. The fraction of sp³-hybridized carbons (Fsp3) is 0.222. The molecule has 0 spiro atoms. The molecule has 0 aliphatic rings. The number of hydrogen-bond acceptors (Lipinski definition) is 3. The first-order chi connectivity index (χ1) is 6.71. The third-order valence-corrected chi connectivity index (χ3v) is 4.80. The molecule has 0 radical (unpaired) electrons. The predicted octanol–water partition coefficient (Wildman–Crippen LogP) is 0.535. The number of nitrogens with one attached hydrogen (secondary N) is 1. The number of hydrogen-bond donors (Lipinski definition) is 1. The first-order valence-corrected chi connectivity index (χ1v) is 7.75. The van der Waals surface area contributed by atoms with Crippen LogP contribution < -0.4 is 4.13 Å². The molecular formula is C9H13NO3S2. The highest BCUT2D eigenvalue weighted by Crippen LogP contribution is 2.10. The van der Waals surface area contributed by atoms with Gasteiger partial charge in [0.15, 0.2) is 0 Å². The molecule has 84 valence electrons. The van der Waals surface area contributed by atoms with Crippen molar-refractivity contribution in [2.45, 2.75) is 11.8 Å². The van der Waals surface area contributed by atoms with E-state index in [-0.39, 0.29) is 4.90 Å². The Kier molecular flexibility index (Phi) is 3.22. The van der Waals surface area contributed by atoms with Crippen molar-refractivity contribution in [3.05, 3.63) is 29.8 Å². The molecule has 1 rings (SSSR count). The molecule has 1 atom stereocenters. The summed E-state index contributed by atoms with van der Waals surface area (Å²) < 4.78 is 36.5. The van der Waals surface area contributed by atoms with Crippen LogP contribution in [0.25, 0.3) is 0 Å². The van der Waals surface area contributed by atoms with Gasteiger partial charge in [0.2, 0.25) is 0 Å². The van der Waals surface area contributed by atoms with Gasteiger partial charge in [0.1, 0.15) is 0 Å². The molecule has 15 heavy (non-hydrogen) atoms. The maximum atomic E-state index is 11.6. The van der Waals surface area contributed by atoms with Crippen LogP contribution in [0.15, 0.2) is 29.2 Å². The summed E-state index contributed by atoms with van der Waals surface area (Å²) in [6, 6.07) is 6.27. The van der Waals surface area contributed by atoms with Crippen LogP contribution in [0, 0.1) is 6.92 Å². The molecule has 4 nitrogen and oxygen atoms in total. The zero-order valence-electron chi connectivity index (χ0n) is 8.56. The van der Waals surface area contributed by atoms with Gasteiger partial charge >= 0.3 is 0 Å². The molecule has 0 aliphatic carbocycles. The van der Waals surface area contributed by atoms with E-state index in [0.29, 0.717) is 0 Å². The molecule has 0 heterocycles. The van der Waals surface area contributed by atoms with E-state index in [1.54, 1.807) is 12.1 Å². The Hall–Kier alpha value is -0.850. The van der Waals surface area contributed by atoms with Gasteiger partial charge in [-0.2, -0.15) is 0 Å². The number of sulfonamides is 1. The standard InChI is InChI=1S/C9H13NO3S2/c1-8-4-6-9(7-5-8)15(12,13)10-14(2,3)11/h4-7H,2H2,1,3H3,(H,10,11). The van der Waals surface area contributed by atoms with Crippen molar-refractivity contribution in [1.29, 1.82) is 0 Å². The molecule has 0 saturated carbocycles. The van der Waals surface area contributed by atoms with Gasteiger partial charge in [-0.15, -0.1) is 4.13 Å². The average molecular weight is 247 g/mol. The Morgan fingerprint density at radius 1 is 1.13 bits per heavy atom. The highest BCUT2D eigenvalue weighted by molar-refractivity contribution is 8.09. The van der Waals surface area contributed by atoms with Crippen molar-refractivity contribution in [3.8, 4) is 0 Å². The van der Waals surface area contributed by atoms with E-state index < -0.39 is 19.7 Å². The predicted molar refractivity (Wildman–Crippen MR) is 62.7 cm³/mol. The first-order valence-electron chi connectivity index (χ1n) is 4.13.